The molecule has 1 aromatic rings. The number of carbonyl (C=O) groups is 1. The van der Waals surface area contributed by atoms with E-state index in [4.69, 9.17) is 0 Å². The van der Waals surface area contributed by atoms with Crippen LogP contribution in [0.1, 0.15) is 37.8 Å². The Hall–Kier alpha value is -1.95. The first-order valence-electron chi connectivity index (χ1n) is 6.73. The summed E-state index contributed by atoms with van der Waals surface area (Å²) in [4.78, 5) is 23.9. The van der Waals surface area contributed by atoms with Crippen molar-refractivity contribution < 1.29 is 14.8 Å². The van der Waals surface area contributed by atoms with Crippen molar-refractivity contribution in [1.82, 2.24) is 4.90 Å². The number of non-ortho nitro benzene ring substituents is 1. The molecule has 0 aliphatic carbocycles. The van der Waals surface area contributed by atoms with Gasteiger partial charge in [-0.05, 0) is 31.9 Å². The lowest BCUT2D eigenvalue weighted by Gasteiger charge is -2.37. The van der Waals surface area contributed by atoms with Gasteiger partial charge in [0.15, 0.2) is 0 Å². The molecule has 1 aliphatic rings. The zero-order chi connectivity index (χ0) is 14.7. The SMILES string of the molecule is CC1CCCCN1C(C(=O)O)c1cccc([N+](=O)[O-])c1. The van der Waals surface area contributed by atoms with Crippen molar-refractivity contribution in [3.05, 3.63) is 39.9 Å². The van der Waals surface area contributed by atoms with Crippen LogP contribution in [0.25, 0.3) is 0 Å². The first-order chi connectivity index (χ1) is 9.50. The lowest BCUT2D eigenvalue weighted by Crippen LogP contribution is -2.43. The predicted molar refractivity (Wildman–Crippen MR) is 73.5 cm³/mol. The number of carboxylic acid groups (broad SMARTS) is 1. The van der Waals surface area contributed by atoms with Crippen LogP contribution in [0.5, 0.6) is 0 Å². The lowest BCUT2D eigenvalue weighted by atomic mass is 9.97. The molecule has 0 spiro atoms. The molecular formula is C14H18N2O4. The third kappa shape index (κ3) is 2.96. The second-order valence-electron chi connectivity index (χ2n) is 5.18. The zero-order valence-corrected chi connectivity index (χ0v) is 11.4. The number of piperidine rings is 1. The summed E-state index contributed by atoms with van der Waals surface area (Å²) in [5, 5.41) is 20.3. The van der Waals surface area contributed by atoms with Gasteiger partial charge in [0.2, 0.25) is 0 Å². The molecule has 1 saturated heterocycles. The Morgan fingerprint density at radius 2 is 2.25 bits per heavy atom. The average molecular weight is 278 g/mol. The van der Waals surface area contributed by atoms with Gasteiger partial charge in [0.1, 0.15) is 6.04 Å². The quantitative estimate of drug-likeness (QED) is 0.676. The van der Waals surface area contributed by atoms with E-state index in [1.54, 1.807) is 6.07 Å². The van der Waals surface area contributed by atoms with Crippen LogP contribution in [0.4, 0.5) is 5.69 Å². The van der Waals surface area contributed by atoms with Gasteiger partial charge in [0.05, 0.1) is 4.92 Å². The molecule has 6 nitrogen and oxygen atoms in total. The van der Waals surface area contributed by atoms with Gasteiger partial charge < -0.3 is 5.11 Å². The van der Waals surface area contributed by atoms with Crippen molar-refractivity contribution in [2.24, 2.45) is 0 Å². The maximum Gasteiger partial charge on any atom is 0.325 e. The van der Waals surface area contributed by atoms with E-state index >= 15 is 0 Å². The van der Waals surface area contributed by atoms with Gasteiger partial charge in [-0.25, -0.2) is 0 Å². The molecule has 1 N–H and O–H groups in total. The molecule has 0 radical (unpaired) electrons. The third-order valence-corrected chi connectivity index (χ3v) is 3.82. The van der Waals surface area contributed by atoms with Crippen LogP contribution in [0.3, 0.4) is 0 Å². The molecule has 6 heteroatoms. The Labute approximate surface area is 117 Å². The predicted octanol–water partition coefficient (Wildman–Crippen LogP) is 2.59. The highest BCUT2D eigenvalue weighted by Crippen LogP contribution is 2.30. The lowest BCUT2D eigenvalue weighted by molar-refractivity contribution is -0.384. The topological polar surface area (TPSA) is 83.7 Å². The van der Waals surface area contributed by atoms with Gasteiger partial charge in [-0.2, -0.15) is 0 Å². The normalized spacial score (nSPS) is 21.4. The van der Waals surface area contributed by atoms with Crippen LogP contribution < -0.4 is 0 Å². The number of benzene rings is 1. The fraction of sp³-hybridized carbons (Fsp3) is 0.500. The Kier molecular flexibility index (Phi) is 4.34. The summed E-state index contributed by atoms with van der Waals surface area (Å²) in [6.07, 6.45) is 3.01. The summed E-state index contributed by atoms with van der Waals surface area (Å²) in [6, 6.07) is 5.28. The van der Waals surface area contributed by atoms with E-state index in [2.05, 4.69) is 0 Å². The van der Waals surface area contributed by atoms with Crippen molar-refractivity contribution in [3.63, 3.8) is 0 Å². The second kappa shape index (κ2) is 6.00. The van der Waals surface area contributed by atoms with Crippen LogP contribution in [0.15, 0.2) is 24.3 Å². The molecule has 2 atom stereocenters. The monoisotopic (exact) mass is 278 g/mol. The molecule has 0 bridgehead atoms. The van der Waals surface area contributed by atoms with Crippen LogP contribution in [-0.2, 0) is 4.79 Å². The molecule has 2 rings (SSSR count). The highest BCUT2D eigenvalue weighted by molar-refractivity contribution is 5.76. The fourth-order valence-corrected chi connectivity index (χ4v) is 2.79. The maximum atomic E-state index is 11.6. The maximum absolute atomic E-state index is 11.6. The standard InChI is InChI=1S/C14H18N2O4/c1-10-5-2-3-8-15(10)13(14(17)18)11-6-4-7-12(9-11)16(19)20/h4,6-7,9-10,13H,2-3,5,8H2,1H3,(H,17,18). The Morgan fingerprint density at radius 3 is 2.85 bits per heavy atom. The van der Waals surface area contributed by atoms with Gasteiger partial charge >= 0.3 is 5.97 Å². The van der Waals surface area contributed by atoms with Crippen molar-refractivity contribution >= 4 is 11.7 Å². The smallest absolute Gasteiger partial charge is 0.325 e. The molecule has 2 unspecified atom stereocenters. The summed E-state index contributed by atoms with van der Waals surface area (Å²) in [7, 11) is 0. The van der Waals surface area contributed by atoms with E-state index in [1.165, 1.54) is 18.2 Å². The van der Waals surface area contributed by atoms with Crippen LogP contribution in [0.2, 0.25) is 0 Å². The molecule has 1 aromatic carbocycles. The third-order valence-electron chi connectivity index (χ3n) is 3.82. The van der Waals surface area contributed by atoms with Crippen molar-refractivity contribution in [2.45, 2.75) is 38.3 Å². The zero-order valence-electron chi connectivity index (χ0n) is 11.4. The molecule has 1 aliphatic heterocycles. The van der Waals surface area contributed by atoms with Crippen LogP contribution in [0, 0.1) is 10.1 Å². The summed E-state index contributed by atoms with van der Waals surface area (Å²) < 4.78 is 0. The van der Waals surface area contributed by atoms with Gasteiger partial charge in [-0.15, -0.1) is 0 Å². The van der Waals surface area contributed by atoms with E-state index < -0.39 is 16.9 Å². The van der Waals surface area contributed by atoms with E-state index in [0.717, 1.165) is 19.3 Å². The van der Waals surface area contributed by atoms with Crippen LogP contribution >= 0.6 is 0 Å². The summed E-state index contributed by atoms with van der Waals surface area (Å²) in [6.45, 7) is 2.72. The number of carboxylic acids is 1. The molecule has 0 aromatic heterocycles. The largest absolute Gasteiger partial charge is 0.480 e. The Bertz CT molecular complexity index is 518. The van der Waals surface area contributed by atoms with Crippen molar-refractivity contribution in [3.8, 4) is 0 Å². The van der Waals surface area contributed by atoms with Gasteiger partial charge in [-0.1, -0.05) is 18.6 Å². The first kappa shape index (κ1) is 14.5. The first-order valence-corrected chi connectivity index (χ1v) is 6.73. The minimum atomic E-state index is -0.959. The summed E-state index contributed by atoms with van der Waals surface area (Å²) in [5.41, 5.74) is 0.402. The van der Waals surface area contributed by atoms with Gasteiger partial charge in [-0.3, -0.25) is 19.8 Å². The molecule has 20 heavy (non-hydrogen) atoms. The number of rotatable bonds is 4. The van der Waals surface area contributed by atoms with Crippen LogP contribution in [-0.4, -0.2) is 33.5 Å². The number of hydrogen-bond acceptors (Lipinski definition) is 4. The summed E-state index contributed by atoms with van der Waals surface area (Å²) in [5.74, 6) is -0.959. The highest BCUT2D eigenvalue weighted by atomic mass is 16.6. The van der Waals surface area contributed by atoms with E-state index in [1.807, 2.05) is 11.8 Å². The average Bonchev–Trinajstić information content (AvgIpc) is 2.41. The number of nitro benzene ring substituents is 1. The number of likely N-dealkylation sites (tertiary alicyclic amines) is 1. The molecule has 108 valence electrons. The molecule has 1 heterocycles. The van der Waals surface area contributed by atoms with Gasteiger partial charge in [0.25, 0.3) is 5.69 Å². The minimum Gasteiger partial charge on any atom is -0.480 e. The Morgan fingerprint density at radius 1 is 1.50 bits per heavy atom. The number of hydrogen-bond donors (Lipinski definition) is 1. The molecule has 0 saturated carbocycles. The fourth-order valence-electron chi connectivity index (χ4n) is 2.79. The van der Waals surface area contributed by atoms with E-state index in [-0.39, 0.29) is 11.7 Å². The molecule has 1 fully saturated rings. The molecule has 0 amide bonds. The van der Waals surface area contributed by atoms with E-state index in [0.29, 0.717) is 12.1 Å². The van der Waals surface area contributed by atoms with Gasteiger partial charge in [0, 0.05) is 18.2 Å². The minimum absolute atomic E-state index is 0.0709. The van der Waals surface area contributed by atoms with Crippen molar-refractivity contribution in [1.29, 1.82) is 0 Å². The number of nitrogens with zero attached hydrogens (tertiary/aromatic N) is 2. The highest BCUT2D eigenvalue weighted by Gasteiger charge is 2.32. The van der Waals surface area contributed by atoms with Crippen molar-refractivity contribution in [2.75, 3.05) is 6.54 Å². The summed E-state index contributed by atoms with van der Waals surface area (Å²) >= 11 is 0. The number of nitro groups is 1. The number of aliphatic carboxylic acids is 1. The molecular weight excluding hydrogens is 260 g/mol. The second-order valence-corrected chi connectivity index (χ2v) is 5.18. The van der Waals surface area contributed by atoms with E-state index in [9.17, 15) is 20.0 Å². The Balaban J connectivity index is 2.35.